The standard InChI is InChI=1S/C24H22N2O4/c1-29-20-10-8-17(9-11-20)13-23(27)26(16-21-6-4-12-30-21)15-19-14-18-5-2-3-7-22(18)25-24(19)28/h2-12,14H,13,15-16H2,1H3,(H,25,28). The van der Waals surface area contributed by atoms with Crippen LogP contribution in [0.1, 0.15) is 16.9 Å². The number of nitrogens with one attached hydrogen (secondary N) is 1. The molecule has 2 heterocycles. The first kappa shape index (κ1) is 19.5. The Kier molecular flexibility index (Phi) is 5.66. The largest absolute Gasteiger partial charge is 0.497 e. The van der Waals surface area contributed by atoms with Gasteiger partial charge in [0.1, 0.15) is 11.5 Å². The average molecular weight is 402 g/mol. The third kappa shape index (κ3) is 4.43. The number of fused-ring (bicyclic) bond motifs is 1. The van der Waals surface area contributed by atoms with Crippen LogP contribution in [0.15, 0.2) is 82.2 Å². The van der Waals surface area contributed by atoms with Crippen molar-refractivity contribution in [3.63, 3.8) is 0 Å². The predicted molar refractivity (Wildman–Crippen MR) is 114 cm³/mol. The second kappa shape index (κ2) is 8.69. The van der Waals surface area contributed by atoms with Crippen molar-refractivity contribution in [1.29, 1.82) is 0 Å². The van der Waals surface area contributed by atoms with Crippen molar-refractivity contribution in [2.75, 3.05) is 7.11 Å². The summed E-state index contributed by atoms with van der Waals surface area (Å²) in [5, 5.41) is 0.924. The SMILES string of the molecule is COc1ccc(CC(=O)N(Cc2ccco2)Cc2cc3ccccc3[nH]c2=O)cc1. The molecule has 2 aromatic carbocycles. The quantitative estimate of drug-likeness (QED) is 0.509. The lowest BCUT2D eigenvalue weighted by atomic mass is 10.1. The number of carbonyl (C=O) groups is 1. The zero-order valence-corrected chi connectivity index (χ0v) is 16.6. The van der Waals surface area contributed by atoms with Gasteiger partial charge >= 0.3 is 0 Å². The number of hydrogen-bond acceptors (Lipinski definition) is 4. The van der Waals surface area contributed by atoms with Gasteiger partial charge in [-0.25, -0.2) is 0 Å². The molecule has 0 saturated heterocycles. The molecule has 6 heteroatoms. The van der Waals surface area contributed by atoms with E-state index in [2.05, 4.69) is 4.98 Å². The Hall–Kier alpha value is -3.80. The minimum absolute atomic E-state index is 0.0934. The van der Waals surface area contributed by atoms with Crippen molar-refractivity contribution in [2.45, 2.75) is 19.5 Å². The number of carbonyl (C=O) groups excluding carboxylic acids is 1. The molecule has 4 rings (SSSR count). The number of rotatable bonds is 7. The van der Waals surface area contributed by atoms with Crippen molar-refractivity contribution in [2.24, 2.45) is 0 Å². The molecule has 0 atom stereocenters. The fraction of sp³-hybridized carbons (Fsp3) is 0.167. The lowest BCUT2D eigenvalue weighted by molar-refractivity contribution is -0.132. The van der Waals surface area contributed by atoms with E-state index < -0.39 is 0 Å². The van der Waals surface area contributed by atoms with Crippen LogP contribution in [0, 0.1) is 0 Å². The van der Waals surface area contributed by atoms with Gasteiger partial charge in [-0.2, -0.15) is 0 Å². The Morgan fingerprint density at radius 3 is 2.57 bits per heavy atom. The summed E-state index contributed by atoms with van der Waals surface area (Å²) in [5.74, 6) is 1.31. The molecule has 0 saturated carbocycles. The van der Waals surface area contributed by atoms with Gasteiger partial charge in [0.15, 0.2) is 0 Å². The number of aromatic nitrogens is 1. The van der Waals surface area contributed by atoms with Crippen LogP contribution in [-0.4, -0.2) is 22.9 Å². The number of benzene rings is 2. The van der Waals surface area contributed by atoms with Gasteiger partial charge in [-0.1, -0.05) is 30.3 Å². The number of para-hydroxylation sites is 1. The maximum atomic E-state index is 13.1. The minimum atomic E-state index is -0.199. The smallest absolute Gasteiger partial charge is 0.253 e. The summed E-state index contributed by atoms with van der Waals surface area (Å²) in [6.45, 7) is 0.476. The Labute approximate surface area is 173 Å². The van der Waals surface area contributed by atoms with Crippen molar-refractivity contribution in [1.82, 2.24) is 9.88 Å². The molecular weight excluding hydrogens is 380 g/mol. The Bertz CT molecular complexity index is 1190. The summed E-state index contributed by atoms with van der Waals surface area (Å²) in [4.78, 5) is 30.2. The fourth-order valence-corrected chi connectivity index (χ4v) is 3.37. The van der Waals surface area contributed by atoms with Crippen LogP contribution in [-0.2, 0) is 24.3 Å². The number of hydrogen-bond donors (Lipinski definition) is 1. The number of nitrogens with zero attached hydrogens (tertiary/aromatic N) is 1. The van der Waals surface area contributed by atoms with Crippen LogP contribution in [0.2, 0.25) is 0 Å². The molecule has 0 bridgehead atoms. The molecule has 152 valence electrons. The van der Waals surface area contributed by atoms with Gasteiger partial charge in [-0.15, -0.1) is 0 Å². The van der Waals surface area contributed by atoms with E-state index in [-0.39, 0.29) is 31.0 Å². The van der Waals surface area contributed by atoms with Gasteiger partial charge in [0.05, 0.1) is 32.9 Å². The highest BCUT2D eigenvalue weighted by Crippen LogP contribution is 2.16. The van der Waals surface area contributed by atoms with Crippen LogP contribution >= 0.6 is 0 Å². The van der Waals surface area contributed by atoms with Gasteiger partial charge in [-0.05, 0) is 47.3 Å². The summed E-state index contributed by atoms with van der Waals surface area (Å²) in [6, 6.07) is 20.4. The van der Waals surface area contributed by atoms with Gasteiger partial charge in [0, 0.05) is 11.1 Å². The van der Waals surface area contributed by atoms with Crippen molar-refractivity contribution < 1.29 is 13.9 Å². The van der Waals surface area contributed by atoms with E-state index >= 15 is 0 Å². The van der Waals surface area contributed by atoms with Crippen molar-refractivity contribution >= 4 is 16.8 Å². The molecule has 4 aromatic rings. The topological polar surface area (TPSA) is 75.5 Å². The second-order valence-electron chi connectivity index (χ2n) is 7.06. The Morgan fingerprint density at radius 1 is 1.03 bits per heavy atom. The predicted octanol–water partition coefficient (Wildman–Crippen LogP) is 3.90. The summed E-state index contributed by atoms with van der Waals surface area (Å²) in [5.41, 5.74) is 1.98. The minimum Gasteiger partial charge on any atom is -0.497 e. The van der Waals surface area contributed by atoms with Crippen molar-refractivity contribution in [3.05, 3.63) is 100 Å². The molecule has 0 aliphatic carbocycles. The summed E-state index contributed by atoms with van der Waals surface area (Å²) in [6.07, 6.45) is 1.79. The lowest BCUT2D eigenvalue weighted by Crippen LogP contribution is -2.33. The first-order chi connectivity index (χ1) is 14.6. The molecule has 2 aromatic heterocycles. The van der Waals surface area contributed by atoms with E-state index in [4.69, 9.17) is 9.15 Å². The summed E-state index contributed by atoms with van der Waals surface area (Å²) < 4.78 is 10.6. The highest BCUT2D eigenvalue weighted by atomic mass is 16.5. The van der Waals surface area contributed by atoms with E-state index in [1.807, 2.05) is 60.7 Å². The molecule has 0 radical (unpaired) electrons. The van der Waals surface area contributed by atoms with Crippen LogP contribution in [0.3, 0.4) is 0 Å². The molecular formula is C24H22N2O4. The molecule has 0 spiro atoms. The highest BCUT2D eigenvalue weighted by Gasteiger charge is 2.18. The van der Waals surface area contributed by atoms with E-state index in [1.54, 1.807) is 24.3 Å². The van der Waals surface area contributed by atoms with Crippen molar-refractivity contribution in [3.8, 4) is 5.75 Å². The number of aromatic amines is 1. The molecule has 1 amide bonds. The Balaban J connectivity index is 1.60. The molecule has 0 fully saturated rings. The lowest BCUT2D eigenvalue weighted by Gasteiger charge is -2.22. The van der Waals surface area contributed by atoms with E-state index in [1.165, 1.54) is 0 Å². The molecule has 0 unspecified atom stereocenters. The van der Waals surface area contributed by atoms with Gasteiger partial charge in [0.25, 0.3) is 5.56 Å². The Morgan fingerprint density at radius 2 is 1.83 bits per heavy atom. The van der Waals surface area contributed by atoms with E-state index in [0.717, 1.165) is 22.2 Å². The zero-order valence-electron chi connectivity index (χ0n) is 16.6. The zero-order chi connectivity index (χ0) is 20.9. The second-order valence-corrected chi connectivity index (χ2v) is 7.06. The number of methoxy groups -OCH3 is 1. The maximum absolute atomic E-state index is 13.1. The number of ether oxygens (including phenoxy) is 1. The van der Waals surface area contributed by atoms with E-state index in [0.29, 0.717) is 11.3 Å². The molecule has 0 aliphatic heterocycles. The number of pyridine rings is 1. The normalized spacial score (nSPS) is 10.8. The summed E-state index contributed by atoms with van der Waals surface area (Å²) >= 11 is 0. The first-order valence-corrected chi connectivity index (χ1v) is 9.66. The number of H-pyrrole nitrogens is 1. The fourth-order valence-electron chi connectivity index (χ4n) is 3.37. The monoisotopic (exact) mass is 402 g/mol. The van der Waals surface area contributed by atoms with Gasteiger partial charge < -0.3 is 19.0 Å². The highest BCUT2D eigenvalue weighted by molar-refractivity contribution is 5.80. The maximum Gasteiger partial charge on any atom is 0.253 e. The number of furan rings is 1. The van der Waals surface area contributed by atoms with Crippen LogP contribution in [0.4, 0.5) is 0 Å². The summed E-state index contributed by atoms with van der Waals surface area (Å²) in [7, 11) is 1.60. The third-order valence-corrected chi connectivity index (χ3v) is 4.99. The molecule has 0 aliphatic rings. The molecule has 1 N–H and O–H groups in total. The first-order valence-electron chi connectivity index (χ1n) is 9.66. The molecule has 6 nitrogen and oxygen atoms in total. The van der Waals surface area contributed by atoms with Crippen LogP contribution in [0.25, 0.3) is 10.9 Å². The van der Waals surface area contributed by atoms with Gasteiger partial charge in [0.2, 0.25) is 5.91 Å². The van der Waals surface area contributed by atoms with Crippen LogP contribution in [0.5, 0.6) is 5.75 Å². The number of amides is 1. The average Bonchev–Trinajstić information content (AvgIpc) is 3.27. The van der Waals surface area contributed by atoms with Crippen LogP contribution < -0.4 is 10.3 Å². The molecule has 30 heavy (non-hydrogen) atoms. The van der Waals surface area contributed by atoms with Gasteiger partial charge in [-0.3, -0.25) is 9.59 Å². The third-order valence-electron chi connectivity index (χ3n) is 4.99. The van der Waals surface area contributed by atoms with E-state index in [9.17, 15) is 9.59 Å².